The smallest absolute Gasteiger partial charge is 0.210 e. The first kappa shape index (κ1) is 12.7. The minimum absolute atomic E-state index is 0.189. The summed E-state index contributed by atoms with van der Waals surface area (Å²) < 4.78 is 13.4. The van der Waals surface area contributed by atoms with Gasteiger partial charge in [-0.25, -0.2) is 9.97 Å². The Hall–Kier alpha value is -3.31. The minimum atomic E-state index is -0.867. The molecule has 21 heavy (non-hydrogen) atoms. The van der Waals surface area contributed by atoms with Crippen molar-refractivity contribution in [1.29, 1.82) is 10.5 Å². The number of hydrogen-bond donors (Lipinski definition) is 0. The molecule has 0 saturated carbocycles. The van der Waals surface area contributed by atoms with Crippen molar-refractivity contribution in [3.05, 3.63) is 59.8 Å². The molecule has 4 nitrogen and oxygen atoms in total. The third kappa shape index (κ3) is 2.07. The van der Waals surface area contributed by atoms with E-state index in [9.17, 15) is 14.9 Å². The van der Waals surface area contributed by atoms with E-state index in [1.54, 1.807) is 24.3 Å². The van der Waals surface area contributed by atoms with Crippen LogP contribution in [0.3, 0.4) is 0 Å². The van der Waals surface area contributed by atoms with E-state index < -0.39 is 6.08 Å². The molecule has 3 rings (SSSR count). The fraction of sp³-hybridized carbons (Fsp3) is 0. The normalized spacial score (nSPS) is 10.0. The summed E-state index contributed by atoms with van der Waals surface area (Å²) in [6.45, 7) is 0. The van der Waals surface area contributed by atoms with Crippen LogP contribution in [0.2, 0.25) is 0 Å². The number of hydrogen-bond acceptors (Lipinski definition) is 4. The molecule has 0 atom stereocenters. The minimum Gasteiger partial charge on any atom is -0.210 e. The van der Waals surface area contributed by atoms with Crippen molar-refractivity contribution >= 4 is 10.9 Å². The van der Waals surface area contributed by atoms with Crippen molar-refractivity contribution in [2.75, 3.05) is 0 Å². The van der Waals surface area contributed by atoms with E-state index in [0.717, 1.165) is 0 Å². The summed E-state index contributed by atoms with van der Waals surface area (Å²) in [4.78, 5) is 7.30. The highest BCUT2D eigenvalue weighted by Crippen LogP contribution is 2.32. The van der Waals surface area contributed by atoms with Gasteiger partial charge in [0.25, 0.3) is 0 Å². The van der Waals surface area contributed by atoms with E-state index in [1.165, 1.54) is 12.3 Å². The van der Waals surface area contributed by atoms with Crippen molar-refractivity contribution < 1.29 is 4.39 Å². The Kier molecular flexibility index (Phi) is 3.02. The molecule has 3 aromatic rings. The summed E-state index contributed by atoms with van der Waals surface area (Å²) in [7, 11) is 0. The zero-order valence-electron chi connectivity index (χ0n) is 10.7. The highest BCUT2D eigenvalue weighted by atomic mass is 19.1. The number of nitrogens with zero attached hydrogens (tertiary/aromatic N) is 4. The maximum atomic E-state index is 13.4. The molecule has 0 amide bonds. The Labute approximate surface area is 119 Å². The van der Waals surface area contributed by atoms with E-state index in [2.05, 4.69) is 9.97 Å². The van der Waals surface area contributed by atoms with Crippen molar-refractivity contribution in [1.82, 2.24) is 9.97 Å². The quantitative estimate of drug-likeness (QED) is 0.639. The second-order valence-electron chi connectivity index (χ2n) is 4.34. The van der Waals surface area contributed by atoms with Gasteiger partial charge in [0.05, 0.1) is 16.6 Å². The van der Waals surface area contributed by atoms with Crippen LogP contribution in [-0.4, -0.2) is 9.97 Å². The second kappa shape index (κ2) is 4.99. The van der Waals surface area contributed by atoms with Crippen LogP contribution in [0.4, 0.5) is 4.39 Å². The Morgan fingerprint density at radius 1 is 1.05 bits per heavy atom. The van der Waals surface area contributed by atoms with Crippen molar-refractivity contribution in [3.8, 4) is 23.3 Å². The van der Waals surface area contributed by atoms with Gasteiger partial charge >= 0.3 is 6.08 Å². The van der Waals surface area contributed by atoms with Gasteiger partial charge in [-0.1, -0.05) is 30.3 Å². The Bertz CT molecular complexity index is 921. The third-order valence-electron chi connectivity index (χ3n) is 3.14. The van der Waals surface area contributed by atoms with Crippen LogP contribution in [-0.2, 0) is 0 Å². The lowest BCUT2D eigenvalue weighted by Crippen LogP contribution is -1.97. The van der Waals surface area contributed by atoms with E-state index >= 15 is 0 Å². The topological polar surface area (TPSA) is 73.4 Å². The van der Waals surface area contributed by atoms with Gasteiger partial charge in [0.15, 0.2) is 0 Å². The van der Waals surface area contributed by atoms with Crippen molar-refractivity contribution in [2.45, 2.75) is 0 Å². The lowest BCUT2D eigenvalue weighted by atomic mass is 9.93. The van der Waals surface area contributed by atoms with Gasteiger partial charge in [0.2, 0.25) is 0 Å². The lowest BCUT2D eigenvalue weighted by Gasteiger charge is -2.09. The molecule has 1 heterocycles. The van der Waals surface area contributed by atoms with Crippen LogP contribution in [0.25, 0.3) is 22.0 Å². The fourth-order valence-electron chi connectivity index (χ4n) is 2.25. The largest absolute Gasteiger partial charge is 0.309 e. The molecular weight excluding hydrogens is 267 g/mol. The molecule has 0 unspecified atom stereocenters. The SMILES string of the molecule is N#Cc1cc2cnc(F)nc2c(-c2ccccc2)c1C#N. The Balaban J connectivity index is 2.52. The van der Waals surface area contributed by atoms with Crippen LogP contribution < -0.4 is 0 Å². The number of nitriles is 2. The Morgan fingerprint density at radius 2 is 1.81 bits per heavy atom. The second-order valence-corrected chi connectivity index (χ2v) is 4.34. The average molecular weight is 274 g/mol. The predicted octanol–water partition coefficient (Wildman–Crippen LogP) is 3.18. The van der Waals surface area contributed by atoms with Gasteiger partial charge in [-0.3, -0.25) is 0 Å². The summed E-state index contributed by atoms with van der Waals surface area (Å²) in [5.74, 6) is 0. The van der Waals surface area contributed by atoms with Crippen LogP contribution >= 0.6 is 0 Å². The molecule has 0 saturated heterocycles. The fourth-order valence-corrected chi connectivity index (χ4v) is 2.25. The van der Waals surface area contributed by atoms with Gasteiger partial charge in [0.1, 0.15) is 12.1 Å². The molecule has 0 fully saturated rings. The molecular formula is C16H7FN4. The average Bonchev–Trinajstić information content (AvgIpc) is 2.53. The molecule has 0 bridgehead atoms. The number of rotatable bonds is 1. The van der Waals surface area contributed by atoms with E-state index in [-0.39, 0.29) is 11.1 Å². The summed E-state index contributed by atoms with van der Waals surface area (Å²) in [5, 5.41) is 19.1. The monoisotopic (exact) mass is 274 g/mol. The number of halogens is 1. The molecule has 98 valence electrons. The summed E-state index contributed by atoms with van der Waals surface area (Å²) >= 11 is 0. The molecule has 0 N–H and O–H groups in total. The molecule has 5 heteroatoms. The molecule has 0 radical (unpaired) electrons. The van der Waals surface area contributed by atoms with Crippen molar-refractivity contribution in [2.24, 2.45) is 0 Å². The van der Waals surface area contributed by atoms with Gasteiger partial charge in [-0.15, -0.1) is 0 Å². The summed E-state index contributed by atoms with van der Waals surface area (Å²) in [6.07, 6.45) is 0.444. The van der Waals surface area contributed by atoms with Crippen LogP contribution in [0.5, 0.6) is 0 Å². The van der Waals surface area contributed by atoms with Crippen LogP contribution in [0.1, 0.15) is 11.1 Å². The third-order valence-corrected chi connectivity index (χ3v) is 3.14. The molecule has 0 aliphatic rings. The highest BCUT2D eigenvalue weighted by Gasteiger charge is 2.16. The first-order valence-corrected chi connectivity index (χ1v) is 6.09. The zero-order valence-corrected chi connectivity index (χ0v) is 10.7. The van der Waals surface area contributed by atoms with Gasteiger partial charge in [-0.2, -0.15) is 14.9 Å². The van der Waals surface area contributed by atoms with Gasteiger partial charge < -0.3 is 0 Å². The number of benzene rings is 2. The molecule has 2 aromatic carbocycles. The molecule has 0 aliphatic carbocycles. The highest BCUT2D eigenvalue weighted by molar-refractivity contribution is 5.97. The van der Waals surface area contributed by atoms with E-state index in [4.69, 9.17) is 0 Å². The van der Waals surface area contributed by atoms with Gasteiger partial charge in [-0.05, 0) is 11.6 Å². The van der Waals surface area contributed by atoms with Gasteiger partial charge in [0, 0.05) is 17.1 Å². The molecule has 0 spiro atoms. The summed E-state index contributed by atoms with van der Waals surface area (Å²) in [6, 6.07) is 14.5. The predicted molar refractivity (Wildman–Crippen MR) is 74.4 cm³/mol. The number of aromatic nitrogens is 2. The number of fused-ring (bicyclic) bond motifs is 1. The maximum absolute atomic E-state index is 13.4. The Morgan fingerprint density at radius 3 is 2.48 bits per heavy atom. The lowest BCUT2D eigenvalue weighted by molar-refractivity contribution is 0.544. The van der Waals surface area contributed by atoms with E-state index in [1.807, 2.05) is 18.2 Å². The summed E-state index contributed by atoms with van der Waals surface area (Å²) in [5.41, 5.74) is 1.89. The first-order chi connectivity index (χ1) is 10.2. The van der Waals surface area contributed by atoms with Crippen LogP contribution in [0.15, 0.2) is 42.6 Å². The first-order valence-electron chi connectivity index (χ1n) is 6.09. The molecule has 0 aliphatic heterocycles. The standard InChI is InChI=1S/C16H7FN4/c17-16-20-9-12-6-11(7-18)13(8-19)14(15(12)21-16)10-4-2-1-3-5-10/h1-6,9H. The zero-order chi connectivity index (χ0) is 14.8. The van der Waals surface area contributed by atoms with E-state index in [0.29, 0.717) is 22.0 Å². The van der Waals surface area contributed by atoms with Crippen molar-refractivity contribution in [3.63, 3.8) is 0 Å². The molecule has 1 aromatic heterocycles. The maximum Gasteiger partial charge on any atom is 0.309 e. The van der Waals surface area contributed by atoms with Crippen LogP contribution in [0, 0.1) is 28.7 Å².